The maximum absolute atomic E-state index is 9.63. The van der Waals surface area contributed by atoms with E-state index in [0.717, 1.165) is 6.42 Å². The Bertz CT molecular complexity index is 582. The molecule has 2 aromatic carbocycles. The molecule has 0 aromatic heterocycles. The van der Waals surface area contributed by atoms with Crippen LogP contribution in [0.5, 0.6) is 11.5 Å². The van der Waals surface area contributed by atoms with E-state index < -0.39 is 0 Å². The summed E-state index contributed by atoms with van der Waals surface area (Å²) in [5.41, 5.74) is 2.48. The van der Waals surface area contributed by atoms with Gasteiger partial charge in [-0.2, -0.15) is 0 Å². The van der Waals surface area contributed by atoms with Gasteiger partial charge in [-0.25, -0.2) is 0 Å². The lowest BCUT2D eigenvalue weighted by atomic mass is 9.57. The zero-order valence-corrected chi connectivity index (χ0v) is 13.3. The zero-order chi connectivity index (χ0) is 15.7. The second kappa shape index (κ2) is 5.68. The summed E-state index contributed by atoms with van der Waals surface area (Å²) in [5, 5.41) is 19.3. The Hall–Kier alpha value is -1.96. The van der Waals surface area contributed by atoms with Gasteiger partial charge in [-0.1, -0.05) is 44.5 Å². The van der Waals surface area contributed by atoms with Gasteiger partial charge in [0.25, 0.3) is 0 Å². The van der Waals surface area contributed by atoms with E-state index in [0.29, 0.717) is 23.3 Å². The third-order valence-corrected chi connectivity index (χ3v) is 5.37. The maximum atomic E-state index is 9.63. The largest absolute Gasteiger partial charge is 0.508 e. The first-order chi connectivity index (χ1) is 10.5. The smallest absolute Gasteiger partial charge is 0.115 e. The van der Waals surface area contributed by atoms with Crippen LogP contribution in [-0.2, 0) is 5.41 Å². The molecular weight excluding hydrogens is 272 g/mol. The standard InChI is InChI=1S/C20H24O2/c1-14-3-4-15(2)20(13-14,16-5-9-18(21)10-6-16)17-7-11-19(22)12-8-17/h5-12,14-15,21-22H,3-4,13H2,1-2H3. The fraction of sp³-hybridized carbons (Fsp3) is 0.400. The zero-order valence-electron chi connectivity index (χ0n) is 13.3. The quantitative estimate of drug-likeness (QED) is 0.832. The molecule has 1 fully saturated rings. The summed E-state index contributed by atoms with van der Waals surface area (Å²) in [6.45, 7) is 4.65. The van der Waals surface area contributed by atoms with Crippen LogP contribution in [-0.4, -0.2) is 10.2 Å². The van der Waals surface area contributed by atoms with Gasteiger partial charge in [0.15, 0.2) is 0 Å². The van der Waals surface area contributed by atoms with E-state index in [1.165, 1.54) is 24.0 Å². The molecule has 0 radical (unpaired) electrons. The molecular formula is C20H24O2. The lowest BCUT2D eigenvalue weighted by Crippen LogP contribution is -2.40. The lowest BCUT2D eigenvalue weighted by molar-refractivity contribution is 0.193. The molecule has 22 heavy (non-hydrogen) atoms. The third kappa shape index (κ3) is 2.47. The predicted octanol–water partition coefficient (Wildman–Crippen LogP) is 4.84. The van der Waals surface area contributed by atoms with Crippen LogP contribution in [0.1, 0.15) is 44.2 Å². The van der Waals surface area contributed by atoms with Crippen LogP contribution in [0.3, 0.4) is 0 Å². The minimum Gasteiger partial charge on any atom is -0.508 e. The fourth-order valence-electron chi connectivity index (χ4n) is 4.12. The van der Waals surface area contributed by atoms with Crippen LogP contribution in [0.15, 0.2) is 48.5 Å². The molecule has 2 unspecified atom stereocenters. The van der Waals surface area contributed by atoms with Crippen molar-refractivity contribution in [3.63, 3.8) is 0 Å². The first-order valence-electron chi connectivity index (χ1n) is 8.11. The molecule has 0 heterocycles. The van der Waals surface area contributed by atoms with Gasteiger partial charge in [0.05, 0.1) is 0 Å². The van der Waals surface area contributed by atoms with Gasteiger partial charge in [0, 0.05) is 5.41 Å². The first-order valence-corrected chi connectivity index (χ1v) is 8.11. The lowest BCUT2D eigenvalue weighted by Gasteiger charge is -2.46. The molecule has 1 saturated carbocycles. The Kier molecular flexibility index (Phi) is 3.86. The molecule has 0 spiro atoms. The molecule has 2 heteroatoms. The Balaban J connectivity index is 2.16. The van der Waals surface area contributed by atoms with Crippen LogP contribution < -0.4 is 0 Å². The molecule has 0 amide bonds. The van der Waals surface area contributed by atoms with E-state index in [-0.39, 0.29) is 5.41 Å². The second-order valence-corrected chi connectivity index (χ2v) is 6.85. The van der Waals surface area contributed by atoms with Gasteiger partial charge in [-0.15, -0.1) is 0 Å². The van der Waals surface area contributed by atoms with Crippen LogP contribution in [0, 0.1) is 11.8 Å². The number of hydrogen-bond acceptors (Lipinski definition) is 2. The number of rotatable bonds is 2. The summed E-state index contributed by atoms with van der Waals surface area (Å²) in [4.78, 5) is 0. The van der Waals surface area contributed by atoms with Crippen molar-refractivity contribution in [2.24, 2.45) is 11.8 Å². The van der Waals surface area contributed by atoms with Gasteiger partial charge < -0.3 is 10.2 Å². The number of phenolic OH excluding ortho intramolecular Hbond substituents is 2. The number of phenols is 2. The van der Waals surface area contributed by atoms with E-state index in [9.17, 15) is 10.2 Å². The summed E-state index contributed by atoms with van der Waals surface area (Å²) >= 11 is 0. The maximum Gasteiger partial charge on any atom is 0.115 e. The van der Waals surface area contributed by atoms with E-state index >= 15 is 0 Å². The SMILES string of the molecule is CC1CCC(C)C(c2ccc(O)cc2)(c2ccc(O)cc2)C1. The Labute approximate surface area is 132 Å². The van der Waals surface area contributed by atoms with E-state index in [1.807, 2.05) is 0 Å². The Morgan fingerprint density at radius 1 is 0.773 bits per heavy atom. The van der Waals surface area contributed by atoms with E-state index in [2.05, 4.69) is 38.1 Å². The molecule has 2 nitrogen and oxygen atoms in total. The van der Waals surface area contributed by atoms with E-state index in [1.54, 1.807) is 24.3 Å². The van der Waals surface area contributed by atoms with Crippen molar-refractivity contribution in [2.75, 3.05) is 0 Å². The number of aromatic hydroxyl groups is 2. The average molecular weight is 296 g/mol. The molecule has 1 aliphatic rings. The molecule has 116 valence electrons. The van der Waals surface area contributed by atoms with Crippen molar-refractivity contribution in [1.82, 2.24) is 0 Å². The van der Waals surface area contributed by atoms with Gasteiger partial charge in [0.2, 0.25) is 0 Å². The highest BCUT2D eigenvalue weighted by Gasteiger charge is 2.43. The van der Waals surface area contributed by atoms with Crippen LogP contribution in [0.4, 0.5) is 0 Å². The van der Waals surface area contributed by atoms with Crippen LogP contribution >= 0.6 is 0 Å². The Morgan fingerprint density at radius 2 is 1.23 bits per heavy atom. The van der Waals surface area contributed by atoms with Crippen molar-refractivity contribution in [1.29, 1.82) is 0 Å². The molecule has 0 aliphatic heterocycles. The van der Waals surface area contributed by atoms with Gasteiger partial charge in [-0.05, 0) is 60.1 Å². The summed E-state index contributed by atoms with van der Waals surface area (Å²) in [6, 6.07) is 15.3. The Morgan fingerprint density at radius 3 is 1.68 bits per heavy atom. The predicted molar refractivity (Wildman–Crippen MR) is 89.2 cm³/mol. The van der Waals surface area contributed by atoms with Gasteiger partial charge in [0.1, 0.15) is 11.5 Å². The van der Waals surface area contributed by atoms with Gasteiger partial charge in [-0.3, -0.25) is 0 Å². The first kappa shape index (κ1) is 15.0. The number of hydrogen-bond donors (Lipinski definition) is 2. The number of benzene rings is 2. The molecule has 2 aromatic rings. The van der Waals surface area contributed by atoms with E-state index in [4.69, 9.17) is 0 Å². The van der Waals surface area contributed by atoms with Crippen LogP contribution in [0.25, 0.3) is 0 Å². The fourth-order valence-corrected chi connectivity index (χ4v) is 4.12. The summed E-state index contributed by atoms with van der Waals surface area (Å²) in [5.74, 6) is 1.80. The summed E-state index contributed by atoms with van der Waals surface area (Å²) in [6.07, 6.45) is 3.56. The third-order valence-electron chi connectivity index (χ3n) is 5.37. The molecule has 2 N–H and O–H groups in total. The second-order valence-electron chi connectivity index (χ2n) is 6.85. The highest BCUT2D eigenvalue weighted by Crippen LogP contribution is 2.50. The normalized spacial score (nSPS) is 24.1. The summed E-state index contributed by atoms with van der Waals surface area (Å²) < 4.78 is 0. The minimum atomic E-state index is -0.0426. The van der Waals surface area contributed by atoms with Crippen molar-refractivity contribution in [3.05, 3.63) is 59.7 Å². The van der Waals surface area contributed by atoms with Crippen LogP contribution in [0.2, 0.25) is 0 Å². The molecule has 1 aliphatic carbocycles. The highest BCUT2D eigenvalue weighted by molar-refractivity contribution is 5.44. The van der Waals surface area contributed by atoms with Gasteiger partial charge >= 0.3 is 0 Å². The molecule has 2 atom stereocenters. The average Bonchev–Trinajstić information content (AvgIpc) is 2.51. The van der Waals surface area contributed by atoms with Crippen molar-refractivity contribution in [2.45, 2.75) is 38.5 Å². The molecule has 0 bridgehead atoms. The van der Waals surface area contributed by atoms with Crippen molar-refractivity contribution >= 4 is 0 Å². The highest BCUT2D eigenvalue weighted by atomic mass is 16.3. The summed E-state index contributed by atoms with van der Waals surface area (Å²) in [7, 11) is 0. The monoisotopic (exact) mass is 296 g/mol. The topological polar surface area (TPSA) is 40.5 Å². The van der Waals surface area contributed by atoms with Crippen molar-refractivity contribution < 1.29 is 10.2 Å². The minimum absolute atomic E-state index is 0.0426. The molecule has 3 rings (SSSR count). The van der Waals surface area contributed by atoms with Crippen molar-refractivity contribution in [3.8, 4) is 11.5 Å². The molecule has 0 saturated heterocycles.